The van der Waals surface area contributed by atoms with Gasteiger partial charge in [-0.05, 0) is 25.3 Å². The Morgan fingerprint density at radius 2 is 2.35 bits per heavy atom. The van der Waals surface area contributed by atoms with Crippen LogP contribution in [0.2, 0.25) is 0 Å². The summed E-state index contributed by atoms with van der Waals surface area (Å²) in [5.41, 5.74) is 0. The molecule has 0 aromatic carbocycles. The van der Waals surface area contributed by atoms with Crippen LogP contribution in [0.1, 0.15) is 18.7 Å². The Kier molecular flexibility index (Phi) is 4.56. The molecule has 2 rings (SSSR count). The Hall–Kier alpha value is -0.420. The van der Waals surface area contributed by atoms with Crippen molar-refractivity contribution in [1.29, 1.82) is 0 Å². The molecule has 1 aromatic rings. The molecule has 0 unspecified atom stereocenters. The van der Waals surface area contributed by atoms with E-state index in [4.69, 9.17) is 0 Å². The average molecular weight is 254 g/mol. The number of hydrogen-bond donors (Lipinski definition) is 1. The minimum atomic E-state index is -0.217. The summed E-state index contributed by atoms with van der Waals surface area (Å²) >= 11 is 1.83. The maximum absolute atomic E-state index is 9.41. The molecule has 3 nitrogen and oxygen atoms in total. The van der Waals surface area contributed by atoms with E-state index in [-0.39, 0.29) is 6.10 Å². The number of aliphatic hydroxyl groups is 1. The molecule has 1 fully saturated rings. The molecule has 17 heavy (non-hydrogen) atoms. The molecule has 0 amide bonds. The fourth-order valence-electron chi connectivity index (χ4n) is 2.45. The van der Waals surface area contributed by atoms with Crippen LogP contribution in [-0.2, 0) is 6.54 Å². The van der Waals surface area contributed by atoms with E-state index in [1.165, 1.54) is 4.88 Å². The lowest BCUT2D eigenvalue weighted by atomic mass is 10.1. The van der Waals surface area contributed by atoms with Gasteiger partial charge in [-0.1, -0.05) is 6.07 Å². The lowest BCUT2D eigenvalue weighted by Crippen LogP contribution is -2.52. The lowest BCUT2D eigenvalue weighted by Gasteiger charge is -2.40. The van der Waals surface area contributed by atoms with Crippen LogP contribution in [0.25, 0.3) is 0 Å². The van der Waals surface area contributed by atoms with Crippen molar-refractivity contribution < 1.29 is 5.11 Å². The highest BCUT2D eigenvalue weighted by molar-refractivity contribution is 7.09. The predicted octanol–water partition coefficient (Wildman–Crippen LogP) is 1.63. The largest absolute Gasteiger partial charge is 0.392 e. The molecular formula is C13H22N2OS. The third-order valence-electron chi connectivity index (χ3n) is 3.31. The maximum atomic E-state index is 9.41. The summed E-state index contributed by atoms with van der Waals surface area (Å²) < 4.78 is 0. The van der Waals surface area contributed by atoms with Gasteiger partial charge in [-0.2, -0.15) is 0 Å². The van der Waals surface area contributed by atoms with Gasteiger partial charge in [-0.25, -0.2) is 0 Å². The number of rotatable bonds is 4. The third-order valence-corrected chi connectivity index (χ3v) is 4.17. The second-order valence-electron chi connectivity index (χ2n) is 5.01. The van der Waals surface area contributed by atoms with Crippen molar-refractivity contribution in [2.45, 2.75) is 32.5 Å². The van der Waals surface area contributed by atoms with Crippen LogP contribution in [0.4, 0.5) is 0 Å². The minimum absolute atomic E-state index is 0.217. The number of aliphatic hydroxyl groups excluding tert-OH is 1. The Morgan fingerprint density at radius 1 is 1.53 bits per heavy atom. The molecule has 1 aliphatic rings. The van der Waals surface area contributed by atoms with Crippen LogP contribution in [0.3, 0.4) is 0 Å². The van der Waals surface area contributed by atoms with Crippen molar-refractivity contribution in [1.82, 2.24) is 9.80 Å². The van der Waals surface area contributed by atoms with Crippen LogP contribution >= 0.6 is 11.3 Å². The first-order valence-corrected chi connectivity index (χ1v) is 7.20. The number of thiophene rings is 1. The van der Waals surface area contributed by atoms with Gasteiger partial charge in [-0.3, -0.25) is 9.80 Å². The van der Waals surface area contributed by atoms with Gasteiger partial charge in [0.05, 0.1) is 6.10 Å². The van der Waals surface area contributed by atoms with E-state index >= 15 is 0 Å². The van der Waals surface area contributed by atoms with Gasteiger partial charge >= 0.3 is 0 Å². The summed E-state index contributed by atoms with van der Waals surface area (Å²) in [4.78, 5) is 6.34. The number of nitrogens with zero attached hydrogens (tertiary/aromatic N) is 2. The molecule has 1 saturated heterocycles. The first-order valence-electron chi connectivity index (χ1n) is 6.32. The summed E-state index contributed by atoms with van der Waals surface area (Å²) in [6.07, 6.45) is -0.217. The van der Waals surface area contributed by atoms with Crippen molar-refractivity contribution in [2.24, 2.45) is 0 Å². The topological polar surface area (TPSA) is 26.7 Å². The zero-order valence-corrected chi connectivity index (χ0v) is 11.5. The quantitative estimate of drug-likeness (QED) is 0.885. The highest BCUT2D eigenvalue weighted by atomic mass is 32.1. The van der Waals surface area contributed by atoms with E-state index in [2.05, 4.69) is 34.2 Å². The molecule has 96 valence electrons. The molecule has 1 N–H and O–H groups in total. The van der Waals surface area contributed by atoms with E-state index < -0.39 is 0 Å². The molecule has 0 radical (unpaired) electrons. The molecule has 2 heterocycles. The van der Waals surface area contributed by atoms with Crippen LogP contribution in [0.5, 0.6) is 0 Å². The van der Waals surface area contributed by atoms with Gasteiger partial charge in [0.25, 0.3) is 0 Å². The highest BCUT2D eigenvalue weighted by Crippen LogP contribution is 2.17. The van der Waals surface area contributed by atoms with Gasteiger partial charge in [0.15, 0.2) is 0 Å². The van der Waals surface area contributed by atoms with Gasteiger partial charge < -0.3 is 5.11 Å². The van der Waals surface area contributed by atoms with E-state index in [9.17, 15) is 5.11 Å². The Bertz CT molecular complexity index is 326. The zero-order chi connectivity index (χ0) is 12.3. The molecular weight excluding hydrogens is 232 g/mol. The second-order valence-corrected chi connectivity index (χ2v) is 6.04. The molecule has 0 aliphatic carbocycles. The standard InChI is InChI=1S/C13H22N2OS/c1-11-8-14(9-12(2)16)5-6-15(11)10-13-4-3-7-17-13/h3-4,7,11-12,16H,5-6,8-10H2,1-2H3/t11-,12-/m1/s1. The van der Waals surface area contributed by atoms with Crippen molar-refractivity contribution in [2.75, 3.05) is 26.2 Å². The smallest absolute Gasteiger partial charge is 0.0639 e. The Balaban J connectivity index is 1.83. The van der Waals surface area contributed by atoms with Crippen molar-refractivity contribution in [3.8, 4) is 0 Å². The third kappa shape index (κ3) is 3.78. The van der Waals surface area contributed by atoms with E-state index in [0.29, 0.717) is 6.04 Å². The van der Waals surface area contributed by atoms with Gasteiger partial charge in [0.2, 0.25) is 0 Å². The minimum Gasteiger partial charge on any atom is -0.392 e. The number of β-amino-alcohol motifs (C(OH)–C–C–N with tert-alkyl or cyclic N) is 1. The fraction of sp³-hybridized carbons (Fsp3) is 0.692. The molecule has 0 spiro atoms. The van der Waals surface area contributed by atoms with E-state index in [1.54, 1.807) is 0 Å². The summed E-state index contributed by atoms with van der Waals surface area (Å²) in [6, 6.07) is 4.90. The SMILES string of the molecule is C[C@@H]1CN(C[C@@H](C)O)CCN1Cc1cccs1. The number of hydrogen-bond acceptors (Lipinski definition) is 4. The highest BCUT2D eigenvalue weighted by Gasteiger charge is 2.24. The van der Waals surface area contributed by atoms with Crippen molar-refractivity contribution in [3.05, 3.63) is 22.4 Å². The van der Waals surface area contributed by atoms with Crippen LogP contribution in [0, 0.1) is 0 Å². The molecule has 0 bridgehead atoms. The van der Waals surface area contributed by atoms with Crippen LogP contribution in [-0.4, -0.2) is 53.2 Å². The van der Waals surface area contributed by atoms with Gasteiger partial charge in [0, 0.05) is 43.6 Å². The first-order chi connectivity index (χ1) is 8.15. The average Bonchev–Trinajstić information content (AvgIpc) is 2.74. The molecule has 1 aromatic heterocycles. The van der Waals surface area contributed by atoms with Gasteiger partial charge in [-0.15, -0.1) is 11.3 Å². The van der Waals surface area contributed by atoms with Crippen molar-refractivity contribution in [3.63, 3.8) is 0 Å². The molecule has 1 aliphatic heterocycles. The Labute approximate surface area is 108 Å². The molecule has 2 atom stereocenters. The second kappa shape index (κ2) is 5.96. The van der Waals surface area contributed by atoms with Crippen molar-refractivity contribution >= 4 is 11.3 Å². The first kappa shape index (κ1) is 13.0. The maximum Gasteiger partial charge on any atom is 0.0639 e. The van der Waals surface area contributed by atoms with Gasteiger partial charge in [0.1, 0.15) is 0 Å². The lowest BCUT2D eigenvalue weighted by molar-refractivity contribution is 0.0477. The van der Waals surface area contributed by atoms with Crippen LogP contribution in [0.15, 0.2) is 17.5 Å². The zero-order valence-electron chi connectivity index (χ0n) is 10.7. The molecule has 4 heteroatoms. The Morgan fingerprint density at radius 3 is 2.94 bits per heavy atom. The summed E-state index contributed by atoms with van der Waals surface area (Å²) in [5, 5.41) is 11.6. The summed E-state index contributed by atoms with van der Waals surface area (Å²) in [7, 11) is 0. The van der Waals surface area contributed by atoms with E-state index in [0.717, 1.165) is 32.7 Å². The monoisotopic (exact) mass is 254 g/mol. The van der Waals surface area contributed by atoms with E-state index in [1.807, 2.05) is 18.3 Å². The normalized spacial score (nSPS) is 25.0. The van der Waals surface area contributed by atoms with Crippen LogP contribution < -0.4 is 0 Å². The summed E-state index contributed by atoms with van der Waals surface area (Å²) in [6.45, 7) is 9.26. The fourth-order valence-corrected chi connectivity index (χ4v) is 3.18. The molecule has 0 saturated carbocycles. The number of piperazine rings is 1. The summed E-state index contributed by atoms with van der Waals surface area (Å²) in [5.74, 6) is 0. The predicted molar refractivity (Wildman–Crippen MR) is 72.3 cm³/mol.